The maximum atomic E-state index is 13.6. The van der Waals surface area contributed by atoms with E-state index in [2.05, 4.69) is 49.9 Å². The highest BCUT2D eigenvalue weighted by molar-refractivity contribution is 5.89. The Hall–Kier alpha value is -2.13. The van der Waals surface area contributed by atoms with Crippen molar-refractivity contribution in [2.24, 2.45) is 0 Å². The lowest BCUT2D eigenvalue weighted by Gasteiger charge is -2.44. The van der Waals surface area contributed by atoms with Gasteiger partial charge in [-0.2, -0.15) is 0 Å². The Morgan fingerprint density at radius 2 is 1.35 bits per heavy atom. The molecule has 0 bridgehead atoms. The zero-order valence-electron chi connectivity index (χ0n) is 16.4. The maximum Gasteiger partial charge on any atom is 0.322 e. The zero-order valence-corrected chi connectivity index (χ0v) is 16.4. The number of esters is 1. The van der Waals surface area contributed by atoms with E-state index < -0.39 is 5.41 Å². The van der Waals surface area contributed by atoms with E-state index in [0.717, 1.165) is 30.6 Å². The van der Waals surface area contributed by atoms with Crippen LogP contribution in [-0.4, -0.2) is 36.6 Å². The summed E-state index contributed by atoms with van der Waals surface area (Å²) in [5.74, 6) is -0.170. The van der Waals surface area contributed by atoms with Crippen LogP contribution < -0.4 is 0 Å². The van der Waals surface area contributed by atoms with E-state index in [9.17, 15) is 4.79 Å². The Bertz CT molecular complexity index is 626. The van der Waals surface area contributed by atoms with Crippen LogP contribution in [0.25, 0.3) is 0 Å². The zero-order chi connectivity index (χ0) is 19.0. The van der Waals surface area contributed by atoms with Crippen molar-refractivity contribution >= 4 is 5.97 Å². The number of hydrogen-bond acceptors (Lipinski definition) is 3. The lowest BCUT2D eigenvalue weighted by molar-refractivity contribution is -0.151. The Labute approximate surface area is 158 Å². The summed E-state index contributed by atoms with van der Waals surface area (Å²) in [5, 5.41) is 0. The van der Waals surface area contributed by atoms with Crippen LogP contribution in [0.5, 0.6) is 0 Å². The molecule has 0 saturated carbocycles. The molecule has 3 nitrogen and oxygen atoms in total. The Morgan fingerprint density at radius 3 is 1.69 bits per heavy atom. The average Bonchev–Trinajstić information content (AvgIpc) is 2.70. The Balaban J connectivity index is 2.81. The van der Waals surface area contributed by atoms with Gasteiger partial charge in [0.2, 0.25) is 0 Å². The van der Waals surface area contributed by atoms with Gasteiger partial charge in [0.15, 0.2) is 0 Å². The molecule has 1 unspecified atom stereocenters. The molecule has 0 aliphatic rings. The largest absolute Gasteiger partial charge is 0.465 e. The smallest absolute Gasteiger partial charge is 0.322 e. The van der Waals surface area contributed by atoms with Gasteiger partial charge >= 0.3 is 5.97 Å². The lowest BCUT2D eigenvalue weighted by Crippen LogP contribution is -2.56. The Morgan fingerprint density at radius 1 is 0.885 bits per heavy atom. The van der Waals surface area contributed by atoms with Gasteiger partial charge in [-0.25, -0.2) is 0 Å². The van der Waals surface area contributed by atoms with E-state index in [1.54, 1.807) is 0 Å². The van der Waals surface area contributed by atoms with Gasteiger partial charge in [-0.3, -0.25) is 9.69 Å². The molecule has 26 heavy (non-hydrogen) atoms. The standard InChI is InChI=1S/C23H31NO2/c1-5-21(24(6-2)7-3)23(22(25)26-8-4,19-15-11-9-12-16-19)20-17-13-10-14-18-20/h9-18,21H,5-8H2,1-4H3. The Kier molecular flexibility index (Phi) is 7.40. The minimum Gasteiger partial charge on any atom is -0.465 e. The van der Waals surface area contributed by atoms with E-state index in [-0.39, 0.29) is 12.0 Å². The number of carbonyl (C=O) groups is 1. The van der Waals surface area contributed by atoms with Crippen molar-refractivity contribution in [3.63, 3.8) is 0 Å². The molecule has 2 aromatic carbocycles. The van der Waals surface area contributed by atoms with Crippen LogP contribution in [0, 0.1) is 0 Å². The van der Waals surface area contributed by atoms with Gasteiger partial charge < -0.3 is 4.74 Å². The fourth-order valence-corrected chi connectivity index (χ4v) is 4.07. The summed E-state index contributed by atoms with van der Waals surface area (Å²) < 4.78 is 5.67. The van der Waals surface area contributed by atoms with Crippen LogP contribution in [0.2, 0.25) is 0 Å². The predicted octanol–water partition coefficient (Wildman–Crippen LogP) is 4.66. The highest BCUT2D eigenvalue weighted by atomic mass is 16.5. The third kappa shape index (κ3) is 3.68. The average molecular weight is 354 g/mol. The third-order valence-electron chi connectivity index (χ3n) is 5.20. The summed E-state index contributed by atoms with van der Waals surface area (Å²) >= 11 is 0. The molecule has 2 rings (SSSR count). The number of likely N-dealkylation sites (N-methyl/N-ethyl adjacent to an activating group) is 1. The minimum absolute atomic E-state index is 0.0151. The molecular weight excluding hydrogens is 322 g/mol. The number of nitrogens with zero attached hydrogens (tertiary/aromatic N) is 1. The first-order chi connectivity index (χ1) is 12.7. The number of carbonyl (C=O) groups excluding carboxylic acids is 1. The first-order valence-electron chi connectivity index (χ1n) is 9.68. The molecule has 0 fully saturated rings. The summed E-state index contributed by atoms with van der Waals surface area (Å²) in [4.78, 5) is 15.9. The molecule has 3 heteroatoms. The molecule has 0 spiro atoms. The first-order valence-corrected chi connectivity index (χ1v) is 9.68. The molecule has 2 aromatic rings. The van der Waals surface area contributed by atoms with Crippen LogP contribution in [0.4, 0.5) is 0 Å². The summed E-state index contributed by atoms with van der Waals surface area (Å²) in [6.45, 7) is 10.5. The molecule has 140 valence electrons. The van der Waals surface area contributed by atoms with Crippen molar-refractivity contribution in [2.45, 2.75) is 45.6 Å². The van der Waals surface area contributed by atoms with Gasteiger partial charge in [-0.1, -0.05) is 81.4 Å². The number of hydrogen-bond donors (Lipinski definition) is 0. The molecule has 0 radical (unpaired) electrons. The molecule has 0 aliphatic carbocycles. The molecule has 1 atom stereocenters. The first kappa shape index (κ1) is 20.2. The fraction of sp³-hybridized carbons (Fsp3) is 0.435. The number of benzene rings is 2. The minimum atomic E-state index is -0.848. The van der Waals surface area contributed by atoms with E-state index in [1.807, 2.05) is 43.3 Å². The molecule has 0 N–H and O–H groups in total. The topological polar surface area (TPSA) is 29.5 Å². The van der Waals surface area contributed by atoms with Crippen molar-refractivity contribution < 1.29 is 9.53 Å². The summed E-state index contributed by atoms with van der Waals surface area (Å²) in [7, 11) is 0. The quantitative estimate of drug-likeness (QED) is 0.614. The summed E-state index contributed by atoms with van der Waals surface area (Å²) in [6.07, 6.45) is 0.851. The van der Waals surface area contributed by atoms with E-state index in [0.29, 0.717) is 6.61 Å². The number of rotatable bonds is 9. The fourth-order valence-electron chi connectivity index (χ4n) is 4.07. The maximum absolute atomic E-state index is 13.6. The monoisotopic (exact) mass is 353 g/mol. The van der Waals surface area contributed by atoms with Gasteiger partial charge in [-0.05, 0) is 37.6 Å². The molecule has 0 aliphatic heterocycles. The van der Waals surface area contributed by atoms with Crippen LogP contribution in [0.3, 0.4) is 0 Å². The van der Waals surface area contributed by atoms with Gasteiger partial charge in [-0.15, -0.1) is 0 Å². The van der Waals surface area contributed by atoms with Crippen LogP contribution in [0.15, 0.2) is 60.7 Å². The van der Waals surface area contributed by atoms with Gasteiger partial charge in [0, 0.05) is 6.04 Å². The second-order valence-electron chi connectivity index (χ2n) is 6.41. The molecule has 0 amide bonds. The van der Waals surface area contributed by atoms with Gasteiger partial charge in [0.05, 0.1) is 6.61 Å². The van der Waals surface area contributed by atoms with Gasteiger partial charge in [0.25, 0.3) is 0 Å². The summed E-state index contributed by atoms with van der Waals surface area (Å²) in [6, 6.07) is 20.2. The molecular formula is C23H31NO2. The van der Waals surface area contributed by atoms with Crippen molar-refractivity contribution in [3.05, 3.63) is 71.8 Å². The SMILES string of the molecule is CCOC(=O)C(c1ccccc1)(c1ccccc1)C(CC)N(CC)CC. The molecule has 0 saturated heterocycles. The lowest BCUT2D eigenvalue weighted by atomic mass is 9.67. The predicted molar refractivity (Wildman–Crippen MR) is 107 cm³/mol. The molecule has 0 heterocycles. The second-order valence-corrected chi connectivity index (χ2v) is 6.41. The van der Waals surface area contributed by atoms with Crippen LogP contribution >= 0.6 is 0 Å². The van der Waals surface area contributed by atoms with Crippen molar-refractivity contribution in [3.8, 4) is 0 Å². The highest BCUT2D eigenvalue weighted by Crippen LogP contribution is 2.41. The third-order valence-corrected chi connectivity index (χ3v) is 5.20. The molecule has 0 aromatic heterocycles. The number of ether oxygens (including phenoxy) is 1. The van der Waals surface area contributed by atoms with Crippen molar-refractivity contribution in [2.75, 3.05) is 19.7 Å². The van der Waals surface area contributed by atoms with Crippen molar-refractivity contribution in [1.29, 1.82) is 0 Å². The van der Waals surface area contributed by atoms with Gasteiger partial charge in [0.1, 0.15) is 5.41 Å². The van der Waals surface area contributed by atoms with E-state index in [1.165, 1.54) is 0 Å². The highest BCUT2D eigenvalue weighted by Gasteiger charge is 2.50. The normalized spacial score (nSPS) is 12.8. The van der Waals surface area contributed by atoms with Crippen LogP contribution in [-0.2, 0) is 14.9 Å². The van der Waals surface area contributed by atoms with E-state index >= 15 is 0 Å². The van der Waals surface area contributed by atoms with Crippen LogP contribution in [0.1, 0.15) is 45.2 Å². The second kappa shape index (κ2) is 9.54. The van der Waals surface area contributed by atoms with Crippen molar-refractivity contribution in [1.82, 2.24) is 4.90 Å². The summed E-state index contributed by atoms with van der Waals surface area (Å²) in [5.41, 5.74) is 1.13. The van der Waals surface area contributed by atoms with E-state index in [4.69, 9.17) is 4.74 Å².